The van der Waals surface area contributed by atoms with E-state index in [4.69, 9.17) is 0 Å². The third-order valence-corrected chi connectivity index (χ3v) is 4.83. The molecule has 1 aromatic rings. The molecule has 2 aliphatic rings. The van der Waals surface area contributed by atoms with Crippen LogP contribution in [0.4, 0.5) is 11.4 Å². The molecule has 0 saturated heterocycles. The second kappa shape index (κ2) is 6.97. The van der Waals surface area contributed by atoms with Crippen molar-refractivity contribution in [3.05, 3.63) is 23.8 Å². The van der Waals surface area contributed by atoms with Crippen LogP contribution in [0.25, 0.3) is 0 Å². The number of carbonyl (C=O) groups is 1. The Kier molecular flexibility index (Phi) is 4.79. The van der Waals surface area contributed by atoms with Crippen LogP contribution in [0.1, 0.15) is 56.9 Å². The van der Waals surface area contributed by atoms with Crippen molar-refractivity contribution in [2.24, 2.45) is 5.92 Å². The molecule has 0 bridgehead atoms. The minimum atomic E-state index is 0.171. The number of fused-ring (bicyclic) bond motifs is 1. The van der Waals surface area contributed by atoms with Crippen LogP contribution < -0.4 is 10.6 Å². The van der Waals surface area contributed by atoms with E-state index in [2.05, 4.69) is 22.8 Å². The number of aryl methyl sites for hydroxylation is 1. The number of benzene rings is 1. The van der Waals surface area contributed by atoms with E-state index in [0.29, 0.717) is 6.42 Å². The van der Waals surface area contributed by atoms with Gasteiger partial charge in [-0.15, -0.1) is 0 Å². The summed E-state index contributed by atoms with van der Waals surface area (Å²) in [4.78, 5) is 12.1. The van der Waals surface area contributed by atoms with Crippen LogP contribution in [0.3, 0.4) is 0 Å². The van der Waals surface area contributed by atoms with E-state index in [1.54, 1.807) is 0 Å². The van der Waals surface area contributed by atoms with Crippen LogP contribution in [0.15, 0.2) is 18.2 Å². The van der Waals surface area contributed by atoms with Crippen molar-refractivity contribution in [1.82, 2.24) is 0 Å². The van der Waals surface area contributed by atoms with Gasteiger partial charge in [-0.25, -0.2) is 0 Å². The summed E-state index contributed by atoms with van der Waals surface area (Å²) in [7, 11) is 0. The van der Waals surface area contributed by atoms with Gasteiger partial charge in [-0.1, -0.05) is 32.1 Å². The highest BCUT2D eigenvalue weighted by Gasteiger charge is 2.15. The van der Waals surface area contributed by atoms with Crippen molar-refractivity contribution < 1.29 is 4.79 Å². The molecule has 3 heteroatoms. The maximum atomic E-state index is 12.1. The molecule has 1 amide bonds. The number of anilines is 2. The summed E-state index contributed by atoms with van der Waals surface area (Å²) in [6.07, 6.45) is 10.7. The monoisotopic (exact) mass is 286 g/mol. The molecule has 1 saturated carbocycles. The summed E-state index contributed by atoms with van der Waals surface area (Å²) in [5, 5.41) is 6.46. The number of nitrogens with one attached hydrogen (secondary N) is 2. The molecule has 114 valence electrons. The molecule has 1 aromatic carbocycles. The lowest BCUT2D eigenvalue weighted by Crippen LogP contribution is -2.16. The normalized spacial score (nSPS) is 18.7. The molecule has 21 heavy (non-hydrogen) atoms. The van der Waals surface area contributed by atoms with Gasteiger partial charge in [-0.05, 0) is 48.9 Å². The van der Waals surface area contributed by atoms with Crippen LogP contribution in [0, 0.1) is 5.92 Å². The quantitative estimate of drug-likeness (QED) is 0.864. The number of carbonyl (C=O) groups excluding carboxylic acids is 1. The van der Waals surface area contributed by atoms with E-state index in [1.807, 2.05) is 6.07 Å². The smallest absolute Gasteiger partial charge is 0.224 e. The fourth-order valence-corrected chi connectivity index (χ4v) is 3.59. The fourth-order valence-electron chi connectivity index (χ4n) is 3.59. The Labute approximate surface area is 127 Å². The van der Waals surface area contributed by atoms with Crippen molar-refractivity contribution in [3.8, 4) is 0 Å². The molecule has 3 rings (SSSR count). The minimum absolute atomic E-state index is 0.171. The van der Waals surface area contributed by atoms with Gasteiger partial charge in [-0.2, -0.15) is 0 Å². The number of hydrogen-bond acceptors (Lipinski definition) is 2. The molecular weight excluding hydrogens is 260 g/mol. The highest BCUT2D eigenvalue weighted by molar-refractivity contribution is 5.91. The molecule has 0 radical (unpaired) electrons. The first-order valence-corrected chi connectivity index (χ1v) is 8.48. The Bertz CT molecular complexity index is 492. The average molecular weight is 286 g/mol. The van der Waals surface area contributed by atoms with E-state index in [-0.39, 0.29) is 5.91 Å². The molecule has 1 heterocycles. The lowest BCUT2D eigenvalue weighted by molar-refractivity contribution is -0.116. The molecule has 1 aliphatic heterocycles. The largest absolute Gasteiger partial charge is 0.385 e. The first-order valence-electron chi connectivity index (χ1n) is 8.48. The summed E-state index contributed by atoms with van der Waals surface area (Å²) in [6, 6.07) is 6.22. The van der Waals surface area contributed by atoms with Gasteiger partial charge in [0.25, 0.3) is 0 Å². The van der Waals surface area contributed by atoms with Gasteiger partial charge in [0, 0.05) is 24.3 Å². The van der Waals surface area contributed by atoms with Crippen LogP contribution in [0.2, 0.25) is 0 Å². The standard InChI is InChI=1S/C18H26N2O/c21-18(11-8-14-5-2-1-3-6-14)20-16-9-10-17-15(13-16)7-4-12-19-17/h9-10,13-14,19H,1-8,11-12H2,(H,20,21). The van der Waals surface area contributed by atoms with E-state index < -0.39 is 0 Å². The minimum Gasteiger partial charge on any atom is -0.385 e. The van der Waals surface area contributed by atoms with E-state index in [0.717, 1.165) is 31.0 Å². The molecule has 1 aliphatic carbocycles. The van der Waals surface area contributed by atoms with Crippen molar-refractivity contribution in [3.63, 3.8) is 0 Å². The SMILES string of the molecule is O=C(CCC1CCCCC1)Nc1ccc2c(c1)CCCN2. The maximum Gasteiger partial charge on any atom is 0.224 e. The van der Waals surface area contributed by atoms with Crippen LogP contribution in [-0.4, -0.2) is 12.5 Å². The Morgan fingerprint density at radius 1 is 1.19 bits per heavy atom. The molecule has 3 nitrogen and oxygen atoms in total. The summed E-state index contributed by atoms with van der Waals surface area (Å²) in [5.41, 5.74) is 3.50. The van der Waals surface area contributed by atoms with Crippen LogP contribution in [-0.2, 0) is 11.2 Å². The molecule has 1 fully saturated rings. The van der Waals surface area contributed by atoms with E-state index in [9.17, 15) is 4.79 Å². The second-order valence-corrected chi connectivity index (χ2v) is 6.49. The third-order valence-electron chi connectivity index (χ3n) is 4.83. The molecular formula is C18H26N2O. The first-order chi connectivity index (χ1) is 10.3. The summed E-state index contributed by atoms with van der Waals surface area (Å²) >= 11 is 0. The van der Waals surface area contributed by atoms with E-state index >= 15 is 0 Å². The van der Waals surface area contributed by atoms with Gasteiger partial charge in [-0.3, -0.25) is 4.79 Å². The van der Waals surface area contributed by atoms with Gasteiger partial charge in [0.05, 0.1) is 0 Å². The number of rotatable bonds is 4. The first kappa shape index (κ1) is 14.4. The van der Waals surface area contributed by atoms with Crippen molar-refractivity contribution in [2.45, 2.75) is 57.8 Å². The van der Waals surface area contributed by atoms with E-state index in [1.165, 1.54) is 49.8 Å². The zero-order chi connectivity index (χ0) is 14.5. The summed E-state index contributed by atoms with van der Waals surface area (Å²) < 4.78 is 0. The van der Waals surface area contributed by atoms with Crippen molar-refractivity contribution in [1.29, 1.82) is 0 Å². The second-order valence-electron chi connectivity index (χ2n) is 6.49. The van der Waals surface area contributed by atoms with Crippen molar-refractivity contribution in [2.75, 3.05) is 17.2 Å². The number of hydrogen-bond donors (Lipinski definition) is 2. The zero-order valence-electron chi connectivity index (χ0n) is 12.8. The summed E-state index contributed by atoms with van der Waals surface area (Å²) in [5.74, 6) is 0.946. The van der Waals surface area contributed by atoms with Gasteiger partial charge < -0.3 is 10.6 Å². The predicted octanol–water partition coefficient (Wildman–Crippen LogP) is 4.34. The Hall–Kier alpha value is -1.51. The van der Waals surface area contributed by atoms with Gasteiger partial charge in [0.15, 0.2) is 0 Å². The van der Waals surface area contributed by atoms with Gasteiger partial charge >= 0.3 is 0 Å². The van der Waals surface area contributed by atoms with Crippen molar-refractivity contribution >= 4 is 17.3 Å². The van der Waals surface area contributed by atoms with Gasteiger partial charge in [0.1, 0.15) is 0 Å². The molecule has 0 unspecified atom stereocenters. The average Bonchev–Trinajstić information content (AvgIpc) is 2.54. The van der Waals surface area contributed by atoms with Gasteiger partial charge in [0.2, 0.25) is 5.91 Å². The Balaban J connectivity index is 1.50. The topological polar surface area (TPSA) is 41.1 Å². The molecule has 2 N–H and O–H groups in total. The highest BCUT2D eigenvalue weighted by Crippen LogP contribution is 2.28. The summed E-state index contributed by atoms with van der Waals surface area (Å²) in [6.45, 7) is 1.06. The molecule has 0 spiro atoms. The lowest BCUT2D eigenvalue weighted by Gasteiger charge is -2.21. The molecule has 0 atom stereocenters. The predicted molar refractivity (Wildman–Crippen MR) is 87.7 cm³/mol. The Morgan fingerprint density at radius 2 is 2.05 bits per heavy atom. The highest BCUT2D eigenvalue weighted by atomic mass is 16.1. The Morgan fingerprint density at radius 3 is 2.90 bits per heavy atom. The fraction of sp³-hybridized carbons (Fsp3) is 0.611. The number of amides is 1. The van der Waals surface area contributed by atoms with Crippen LogP contribution in [0.5, 0.6) is 0 Å². The zero-order valence-corrected chi connectivity index (χ0v) is 12.8. The molecule has 0 aromatic heterocycles. The van der Waals surface area contributed by atoms with Crippen LogP contribution >= 0.6 is 0 Å². The third kappa shape index (κ3) is 3.99. The maximum absolute atomic E-state index is 12.1. The lowest BCUT2D eigenvalue weighted by atomic mass is 9.86.